The largest absolute Gasteiger partial charge is 0.370 e. The summed E-state index contributed by atoms with van der Waals surface area (Å²) in [7, 11) is 0. The lowest BCUT2D eigenvalue weighted by Crippen LogP contribution is -2.33. The molecule has 0 amide bonds. The fraction of sp³-hybridized carbons (Fsp3) is 0.500. The number of nitrogens with zero attached hydrogens (tertiary/aromatic N) is 2. The molecule has 0 bridgehead atoms. The summed E-state index contributed by atoms with van der Waals surface area (Å²) in [5.74, 6) is 1.23. The third-order valence-electron chi connectivity index (χ3n) is 3.25. The summed E-state index contributed by atoms with van der Waals surface area (Å²) in [6.45, 7) is 9.26. The van der Waals surface area contributed by atoms with E-state index in [2.05, 4.69) is 48.9 Å². The minimum atomic E-state index is 0.547. The summed E-state index contributed by atoms with van der Waals surface area (Å²) >= 11 is 0. The normalized spacial score (nSPS) is 15.5. The third-order valence-corrected chi connectivity index (χ3v) is 3.25. The van der Waals surface area contributed by atoms with E-state index >= 15 is 0 Å². The molecule has 17 heavy (non-hydrogen) atoms. The molecule has 1 aliphatic heterocycles. The van der Waals surface area contributed by atoms with Gasteiger partial charge in [-0.1, -0.05) is 37.6 Å². The number of nitrogens with two attached hydrogens (primary N) is 1. The Morgan fingerprint density at radius 1 is 1.41 bits per heavy atom. The first-order chi connectivity index (χ1) is 8.08. The topological polar surface area (TPSA) is 41.6 Å². The number of aryl methyl sites for hydroxylation is 1. The van der Waals surface area contributed by atoms with Crippen molar-refractivity contribution in [1.29, 1.82) is 0 Å². The quantitative estimate of drug-likeness (QED) is 0.867. The number of rotatable bonds is 3. The van der Waals surface area contributed by atoms with Crippen molar-refractivity contribution in [2.24, 2.45) is 10.7 Å². The highest BCUT2D eigenvalue weighted by Gasteiger charge is 2.16. The molecule has 3 nitrogen and oxygen atoms in total. The van der Waals surface area contributed by atoms with Gasteiger partial charge in [0.15, 0.2) is 5.96 Å². The zero-order chi connectivity index (χ0) is 12.4. The van der Waals surface area contributed by atoms with Crippen molar-refractivity contribution in [3.05, 3.63) is 34.9 Å². The van der Waals surface area contributed by atoms with Gasteiger partial charge in [0.1, 0.15) is 0 Å². The molecule has 0 fully saturated rings. The minimum absolute atomic E-state index is 0.547. The summed E-state index contributed by atoms with van der Waals surface area (Å²) in [6, 6.07) is 6.67. The average molecular weight is 231 g/mol. The van der Waals surface area contributed by atoms with Crippen molar-refractivity contribution in [2.75, 3.05) is 13.1 Å². The van der Waals surface area contributed by atoms with Gasteiger partial charge in [0, 0.05) is 13.1 Å². The van der Waals surface area contributed by atoms with E-state index in [9.17, 15) is 0 Å². The minimum Gasteiger partial charge on any atom is -0.370 e. The zero-order valence-electron chi connectivity index (χ0n) is 10.9. The third kappa shape index (κ3) is 2.60. The Morgan fingerprint density at radius 3 is 2.76 bits per heavy atom. The van der Waals surface area contributed by atoms with E-state index in [1.165, 1.54) is 16.7 Å². The molecule has 3 heteroatoms. The molecule has 0 saturated heterocycles. The van der Waals surface area contributed by atoms with Gasteiger partial charge in [0.2, 0.25) is 0 Å². The zero-order valence-corrected chi connectivity index (χ0v) is 10.9. The van der Waals surface area contributed by atoms with Gasteiger partial charge < -0.3 is 10.6 Å². The molecule has 0 aromatic heterocycles. The van der Waals surface area contributed by atoms with E-state index in [-0.39, 0.29) is 0 Å². The van der Waals surface area contributed by atoms with Crippen LogP contribution in [0.2, 0.25) is 0 Å². The van der Waals surface area contributed by atoms with Gasteiger partial charge in [-0.15, -0.1) is 0 Å². The SMILES string of the molecule is Cc1ccc(CN2CCN=C2N)c(C(C)C)c1. The molecule has 1 aromatic carbocycles. The monoisotopic (exact) mass is 231 g/mol. The lowest BCUT2D eigenvalue weighted by Gasteiger charge is -2.21. The van der Waals surface area contributed by atoms with Crippen molar-refractivity contribution < 1.29 is 0 Å². The molecule has 1 heterocycles. The summed E-state index contributed by atoms with van der Waals surface area (Å²) in [5, 5.41) is 0. The highest BCUT2D eigenvalue weighted by molar-refractivity contribution is 5.79. The van der Waals surface area contributed by atoms with Crippen LogP contribution in [-0.2, 0) is 6.54 Å². The molecule has 0 spiro atoms. The first kappa shape index (κ1) is 12.0. The molecule has 0 saturated carbocycles. The Balaban J connectivity index is 2.23. The lowest BCUT2D eigenvalue weighted by atomic mass is 9.95. The van der Waals surface area contributed by atoms with E-state index < -0.39 is 0 Å². The van der Waals surface area contributed by atoms with Crippen molar-refractivity contribution in [3.63, 3.8) is 0 Å². The Hall–Kier alpha value is -1.51. The number of hydrogen-bond donors (Lipinski definition) is 1. The summed E-state index contributed by atoms with van der Waals surface area (Å²) in [6.07, 6.45) is 0. The molecule has 2 rings (SSSR count). The van der Waals surface area contributed by atoms with Gasteiger partial charge >= 0.3 is 0 Å². The fourth-order valence-corrected chi connectivity index (χ4v) is 2.26. The van der Waals surface area contributed by atoms with Crippen LogP contribution in [0.3, 0.4) is 0 Å². The van der Waals surface area contributed by atoms with Crippen LogP contribution in [0, 0.1) is 6.92 Å². The van der Waals surface area contributed by atoms with Crippen LogP contribution < -0.4 is 5.73 Å². The van der Waals surface area contributed by atoms with Crippen LogP contribution in [-0.4, -0.2) is 23.9 Å². The molecule has 0 aliphatic carbocycles. The average Bonchev–Trinajstić information content (AvgIpc) is 2.67. The van der Waals surface area contributed by atoms with E-state index in [1.54, 1.807) is 0 Å². The predicted molar refractivity (Wildman–Crippen MR) is 72.2 cm³/mol. The van der Waals surface area contributed by atoms with Crippen molar-refractivity contribution >= 4 is 5.96 Å². The first-order valence-electron chi connectivity index (χ1n) is 6.22. The lowest BCUT2D eigenvalue weighted by molar-refractivity contribution is 0.445. The van der Waals surface area contributed by atoms with E-state index in [1.807, 2.05) is 0 Å². The van der Waals surface area contributed by atoms with Crippen LogP contribution in [0.15, 0.2) is 23.2 Å². The van der Waals surface area contributed by atoms with Gasteiger partial charge in [0.05, 0.1) is 6.54 Å². The van der Waals surface area contributed by atoms with E-state index in [0.29, 0.717) is 11.9 Å². The van der Waals surface area contributed by atoms with E-state index in [4.69, 9.17) is 5.73 Å². The smallest absolute Gasteiger partial charge is 0.191 e. The second-order valence-corrected chi connectivity index (χ2v) is 5.02. The summed E-state index contributed by atoms with van der Waals surface area (Å²) in [4.78, 5) is 6.38. The highest BCUT2D eigenvalue weighted by Crippen LogP contribution is 2.22. The van der Waals surface area contributed by atoms with Gasteiger partial charge in [0.25, 0.3) is 0 Å². The maximum Gasteiger partial charge on any atom is 0.191 e. The Bertz CT molecular complexity index is 435. The first-order valence-corrected chi connectivity index (χ1v) is 6.22. The van der Waals surface area contributed by atoms with Crippen LogP contribution in [0.25, 0.3) is 0 Å². The molecular weight excluding hydrogens is 210 g/mol. The van der Waals surface area contributed by atoms with Crippen LogP contribution in [0.1, 0.15) is 36.5 Å². The second kappa shape index (κ2) is 4.78. The second-order valence-electron chi connectivity index (χ2n) is 5.02. The molecule has 0 radical (unpaired) electrons. The van der Waals surface area contributed by atoms with Crippen LogP contribution >= 0.6 is 0 Å². The van der Waals surface area contributed by atoms with Gasteiger partial charge in [-0.25, -0.2) is 0 Å². The molecule has 1 aliphatic rings. The van der Waals surface area contributed by atoms with E-state index in [0.717, 1.165) is 19.6 Å². The standard InChI is InChI=1S/C14H21N3/c1-10(2)13-8-11(3)4-5-12(13)9-17-7-6-16-14(17)15/h4-5,8,10H,6-7,9H2,1-3H3,(H2,15,16). The number of benzene rings is 1. The van der Waals surface area contributed by atoms with Crippen LogP contribution in [0.4, 0.5) is 0 Å². The van der Waals surface area contributed by atoms with Crippen LogP contribution in [0.5, 0.6) is 0 Å². The highest BCUT2D eigenvalue weighted by atomic mass is 15.3. The van der Waals surface area contributed by atoms with Gasteiger partial charge in [-0.2, -0.15) is 0 Å². The Kier molecular flexibility index (Phi) is 3.36. The molecule has 92 valence electrons. The molecule has 0 unspecified atom stereocenters. The van der Waals surface area contributed by atoms with Gasteiger partial charge in [-0.3, -0.25) is 4.99 Å². The fourth-order valence-electron chi connectivity index (χ4n) is 2.26. The maximum atomic E-state index is 5.86. The molecule has 2 N–H and O–H groups in total. The molecular formula is C14H21N3. The van der Waals surface area contributed by atoms with Crippen molar-refractivity contribution in [2.45, 2.75) is 33.2 Å². The molecule has 0 atom stereocenters. The molecule has 1 aromatic rings. The Morgan fingerprint density at radius 2 is 2.18 bits per heavy atom. The maximum absolute atomic E-state index is 5.86. The number of aliphatic imine (C=N–C) groups is 1. The Labute approximate surface area is 103 Å². The van der Waals surface area contributed by atoms with Crippen molar-refractivity contribution in [3.8, 4) is 0 Å². The predicted octanol–water partition coefficient (Wildman–Crippen LogP) is 2.25. The number of hydrogen-bond acceptors (Lipinski definition) is 3. The van der Waals surface area contributed by atoms with Gasteiger partial charge in [-0.05, 0) is 24.0 Å². The summed E-state index contributed by atoms with van der Waals surface area (Å²) < 4.78 is 0. The number of guanidine groups is 1. The summed E-state index contributed by atoms with van der Waals surface area (Å²) in [5.41, 5.74) is 9.97. The van der Waals surface area contributed by atoms with Crippen molar-refractivity contribution in [1.82, 2.24) is 4.90 Å².